The molecule has 1 aliphatic heterocycles. The highest BCUT2D eigenvalue weighted by atomic mass is 19.1. The van der Waals surface area contributed by atoms with Crippen LogP contribution in [0.2, 0.25) is 0 Å². The van der Waals surface area contributed by atoms with E-state index in [-0.39, 0.29) is 12.4 Å². The number of nitrogens with zero attached hydrogens (tertiary/aromatic N) is 4. The normalized spacial score (nSPS) is 20.0. The van der Waals surface area contributed by atoms with Crippen LogP contribution in [0.5, 0.6) is 0 Å². The molecule has 0 bridgehead atoms. The molecule has 0 unspecified atom stereocenters. The minimum Gasteiger partial charge on any atom is -0.396 e. The number of anilines is 1. The number of benzene rings is 1. The van der Waals surface area contributed by atoms with Gasteiger partial charge in [-0.15, -0.1) is 0 Å². The van der Waals surface area contributed by atoms with Crippen LogP contribution < -0.4 is 5.32 Å². The van der Waals surface area contributed by atoms with Crippen LogP contribution in [0.4, 0.5) is 10.3 Å². The van der Waals surface area contributed by atoms with Gasteiger partial charge in [-0.1, -0.05) is 6.92 Å². The highest BCUT2D eigenvalue weighted by molar-refractivity contribution is 5.77. The van der Waals surface area contributed by atoms with E-state index in [1.54, 1.807) is 36.8 Å². The van der Waals surface area contributed by atoms with E-state index < -0.39 is 11.7 Å². The number of aliphatic hydroxyl groups excluding tert-OH is 1. The maximum absolute atomic E-state index is 13.6. The first kappa shape index (κ1) is 23.0. The van der Waals surface area contributed by atoms with Gasteiger partial charge in [0.1, 0.15) is 5.82 Å². The molecule has 0 spiro atoms. The number of hydrogen-bond donors (Lipinski definition) is 3. The number of ether oxygens (including phenoxy) is 2. The molecular weight excluding hydrogens is 451 g/mol. The van der Waals surface area contributed by atoms with E-state index in [1.807, 2.05) is 19.1 Å². The smallest absolute Gasteiger partial charge is 0.223 e. The van der Waals surface area contributed by atoms with Crippen LogP contribution in [-0.4, -0.2) is 49.8 Å². The molecule has 1 saturated heterocycles. The molecule has 180 valence electrons. The van der Waals surface area contributed by atoms with Crippen molar-refractivity contribution >= 4 is 5.95 Å². The maximum Gasteiger partial charge on any atom is 0.223 e. The fourth-order valence-corrected chi connectivity index (χ4v) is 3.66. The Bertz CT molecular complexity index is 1270. The molecule has 0 radical (unpaired) electrons. The largest absolute Gasteiger partial charge is 0.396 e. The Balaban J connectivity index is 1.46. The van der Waals surface area contributed by atoms with Gasteiger partial charge in [0.15, 0.2) is 5.82 Å². The van der Waals surface area contributed by atoms with Crippen LogP contribution in [0.15, 0.2) is 61.1 Å². The zero-order valence-corrected chi connectivity index (χ0v) is 19.1. The highest BCUT2D eigenvalue weighted by Gasteiger charge is 2.34. The van der Waals surface area contributed by atoms with Gasteiger partial charge >= 0.3 is 0 Å². The molecule has 10 heteroatoms. The average Bonchev–Trinajstić information content (AvgIpc) is 3.35. The van der Waals surface area contributed by atoms with Gasteiger partial charge in [0, 0.05) is 36.1 Å². The summed E-state index contributed by atoms with van der Waals surface area (Å²) in [5.41, 5.74) is 3.11. The lowest BCUT2D eigenvalue weighted by atomic mass is 9.94. The first-order valence-corrected chi connectivity index (χ1v) is 11.2. The fraction of sp³-hybridized carbons (Fsp3) is 0.280. The van der Waals surface area contributed by atoms with Crippen molar-refractivity contribution in [2.75, 3.05) is 25.1 Å². The Labute approximate surface area is 201 Å². The maximum atomic E-state index is 13.6. The number of H-pyrrole nitrogens is 1. The first-order valence-electron chi connectivity index (χ1n) is 11.2. The third-order valence-corrected chi connectivity index (χ3v) is 5.72. The third-order valence-electron chi connectivity index (χ3n) is 5.72. The summed E-state index contributed by atoms with van der Waals surface area (Å²) in [5, 5.41) is 12.8. The third kappa shape index (κ3) is 5.19. The number of pyridine rings is 1. The molecule has 1 aromatic carbocycles. The molecule has 0 amide bonds. The number of imidazole rings is 1. The van der Waals surface area contributed by atoms with Crippen molar-refractivity contribution in [1.82, 2.24) is 24.9 Å². The van der Waals surface area contributed by atoms with Crippen molar-refractivity contribution in [2.45, 2.75) is 19.8 Å². The monoisotopic (exact) mass is 476 g/mol. The summed E-state index contributed by atoms with van der Waals surface area (Å²) in [6.07, 6.45) is 4.39. The van der Waals surface area contributed by atoms with Crippen LogP contribution >= 0.6 is 0 Å². The van der Waals surface area contributed by atoms with Crippen LogP contribution in [0.1, 0.15) is 24.6 Å². The number of aromatic nitrogens is 5. The van der Waals surface area contributed by atoms with Gasteiger partial charge in [-0.3, -0.25) is 4.98 Å². The van der Waals surface area contributed by atoms with E-state index in [0.717, 1.165) is 5.56 Å². The fourth-order valence-electron chi connectivity index (χ4n) is 3.66. The Hall–Kier alpha value is -3.73. The number of aromatic amines is 1. The van der Waals surface area contributed by atoms with Crippen molar-refractivity contribution < 1.29 is 19.0 Å². The molecule has 0 aliphatic carbocycles. The molecule has 1 fully saturated rings. The van der Waals surface area contributed by atoms with Crippen LogP contribution in [0.3, 0.4) is 0 Å². The lowest BCUT2D eigenvalue weighted by Gasteiger charge is -2.35. The Kier molecular flexibility index (Phi) is 6.49. The molecule has 0 saturated carbocycles. The lowest BCUT2D eigenvalue weighted by Crippen LogP contribution is -2.39. The van der Waals surface area contributed by atoms with E-state index in [1.165, 1.54) is 12.1 Å². The Morgan fingerprint density at radius 3 is 2.51 bits per heavy atom. The number of halogens is 1. The predicted molar refractivity (Wildman–Crippen MR) is 126 cm³/mol. The SMILES string of the molecule is CC1(CO)COC(c2nc(-c3ccc(F)cc3)c(-c3ccnc(NCc4ccncc4)n3)[nH]2)OC1. The summed E-state index contributed by atoms with van der Waals surface area (Å²) < 4.78 is 25.3. The van der Waals surface area contributed by atoms with Crippen molar-refractivity contribution in [1.29, 1.82) is 0 Å². The van der Waals surface area contributed by atoms with Crippen molar-refractivity contribution in [3.8, 4) is 22.6 Å². The minimum absolute atomic E-state index is 0.0415. The number of rotatable bonds is 7. The highest BCUT2D eigenvalue weighted by Crippen LogP contribution is 2.35. The molecule has 9 nitrogen and oxygen atoms in total. The average molecular weight is 477 g/mol. The van der Waals surface area contributed by atoms with Gasteiger partial charge in [-0.05, 0) is 48.0 Å². The summed E-state index contributed by atoms with van der Waals surface area (Å²) in [7, 11) is 0. The molecule has 3 aromatic heterocycles. The van der Waals surface area contributed by atoms with Crippen LogP contribution in [-0.2, 0) is 16.0 Å². The van der Waals surface area contributed by atoms with Gasteiger partial charge in [-0.2, -0.15) is 0 Å². The molecule has 35 heavy (non-hydrogen) atoms. The zero-order valence-electron chi connectivity index (χ0n) is 19.1. The molecule has 1 aliphatic rings. The topological polar surface area (TPSA) is 118 Å². The van der Waals surface area contributed by atoms with Gasteiger partial charge in [-0.25, -0.2) is 19.3 Å². The minimum atomic E-state index is -0.728. The van der Waals surface area contributed by atoms with E-state index in [4.69, 9.17) is 14.5 Å². The number of aliphatic hydroxyl groups is 1. The summed E-state index contributed by atoms with van der Waals surface area (Å²) in [5.74, 6) is 0.576. The van der Waals surface area contributed by atoms with Crippen LogP contribution in [0.25, 0.3) is 22.6 Å². The molecule has 5 rings (SSSR count). The standard InChI is InChI=1S/C25H25FN6O3/c1-25(13-33)14-34-23(35-15-25)22-31-20(17-2-4-18(26)5-3-17)21(32-22)19-8-11-28-24(30-19)29-12-16-6-9-27-10-7-16/h2-11,23,33H,12-15H2,1H3,(H,31,32)(H,28,29,30). The zero-order chi connectivity index (χ0) is 24.3. The Morgan fingerprint density at radius 2 is 1.80 bits per heavy atom. The summed E-state index contributed by atoms with van der Waals surface area (Å²) in [6.45, 7) is 3.04. The van der Waals surface area contributed by atoms with Gasteiger partial charge in [0.2, 0.25) is 12.2 Å². The van der Waals surface area contributed by atoms with Crippen LogP contribution in [0, 0.1) is 11.2 Å². The number of hydrogen-bond acceptors (Lipinski definition) is 8. The van der Waals surface area contributed by atoms with Crippen molar-refractivity contribution in [2.24, 2.45) is 5.41 Å². The molecular formula is C25H25FN6O3. The van der Waals surface area contributed by atoms with Crippen molar-refractivity contribution in [3.63, 3.8) is 0 Å². The molecule has 4 heterocycles. The Morgan fingerprint density at radius 1 is 1.06 bits per heavy atom. The quantitative estimate of drug-likeness (QED) is 0.369. The van der Waals surface area contributed by atoms with E-state index in [9.17, 15) is 9.50 Å². The van der Waals surface area contributed by atoms with E-state index in [2.05, 4.69) is 25.3 Å². The first-order chi connectivity index (χ1) is 17.0. The van der Waals surface area contributed by atoms with E-state index >= 15 is 0 Å². The molecule has 4 aromatic rings. The molecule has 0 atom stereocenters. The predicted octanol–water partition coefficient (Wildman–Crippen LogP) is 3.72. The number of nitrogens with one attached hydrogen (secondary N) is 2. The van der Waals surface area contributed by atoms with Crippen molar-refractivity contribution in [3.05, 3.63) is 78.3 Å². The molecule has 3 N–H and O–H groups in total. The second kappa shape index (κ2) is 9.87. The van der Waals surface area contributed by atoms with Gasteiger partial charge in [0.25, 0.3) is 0 Å². The summed E-state index contributed by atoms with van der Waals surface area (Å²) in [4.78, 5) is 21.0. The van der Waals surface area contributed by atoms with Gasteiger partial charge < -0.3 is 24.9 Å². The van der Waals surface area contributed by atoms with Gasteiger partial charge in [0.05, 0.1) is 36.9 Å². The summed E-state index contributed by atoms with van der Waals surface area (Å²) >= 11 is 0. The second-order valence-electron chi connectivity index (χ2n) is 8.75. The van der Waals surface area contributed by atoms with E-state index in [0.29, 0.717) is 54.2 Å². The summed E-state index contributed by atoms with van der Waals surface area (Å²) in [6, 6.07) is 11.7. The second-order valence-corrected chi connectivity index (χ2v) is 8.75. The lowest BCUT2D eigenvalue weighted by molar-refractivity contribution is -0.239.